The summed E-state index contributed by atoms with van der Waals surface area (Å²) in [7, 11) is 1.86. The van der Waals surface area contributed by atoms with Crippen molar-refractivity contribution in [1.82, 2.24) is 9.97 Å². The van der Waals surface area contributed by atoms with Gasteiger partial charge in [-0.3, -0.25) is 0 Å². The van der Waals surface area contributed by atoms with Gasteiger partial charge in [0.1, 0.15) is 5.82 Å². The minimum Gasteiger partial charge on any atom is -0.378 e. The number of halogens is 1. The van der Waals surface area contributed by atoms with Crippen molar-refractivity contribution in [2.75, 3.05) is 37.0 Å². The van der Waals surface area contributed by atoms with Gasteiger partial charge in [-0.05, 0) is 34.7 Å². The SMILES string of the molecule is CNc1nc(N2CCC(OCC(C)C)CC2)ncc1Br. The molecule has 0 aromatic carbocycles. The first-order chi connectivity index (χ1) is 9.60. The quantitative estimate of drug-likeness (QED) is 0.891. The molecule has 0 aliphatic carbocycles. The summed E-state index contributed by atoms with van der Waals surface area (Å²) in [5.41, 5.74) is 0. The highest BCUT2D eigenvalue weighted by atomic mass is 79.9. The lowest BCUT2D eigenvalue weighted by Crippen LogP contribution is -2.38. The smallest absolute Gasteiger partial charge is 0.227 e. The third kappa shape index (κ3) is 4.06. The van der Waals surface area contributed by atoms with Crippen molar-refractivity contribution in [1.29, 1.82) is 0 Å². The van der Waals surface area contributed by atoms with E-state index in [-0.39, 0.29) is 0 Å². The number of nitrogens with zero attached hydrogens (tertiary/aromatic N) is 3. The second-order valence-electron chi connectivity index (χ2n) is 5.53. The van der Waals surface area contributed by atoms with Crippen molar-refractivity contribution < 1.29 is 4.74 Å². The second-order valence-corrected chi connectivity index (χ2v) is 6.38. The van der Waals surface area contributed by atoms with Crippen LogP contribution in [0.5, 0.6) is 0 Å². The maximum atomic E-state index is 5.91. The maximum Gasteiger partial charge on any atom is 0.227 e. The van der Waals surface area contributed by atoms with Gasteiger partial charge in [0.15, 0.2) is 0 Å². The minimum absolute atomic E-state index is 0.382. The monoisotopic (exact) mass is 342 g/mol. The highest BCUT2D eigenvalue weighted by Gasteiger charge is 2.22. The van der Waals surface area contributed by atoms with Crippen molar-refractivity contribution in [3.63, 3.8) is 0 Å². The van der Waals surface area contributed by atoms with Gasteiger partial charge in [-0.1, -0.05) is 13.8 Å². The van der Waals surface area contributed by atoms with Crippen LogP contribution in [0, 0.1) is 5.92 Å². The first-order valence-electron chi connectivity index (χ1n) is 7.17. The van der Waals surface area contributed by atoms with Crippen LogP contribution in [0.2, 0.25) is 0 Å². The average Bonchev–Trinajstić information content (AvgIpc) is 2.46. The van der Waals surface area contributed by atoms with Crippen LogP contribution in [0.3, 0.4) is 0 Å². The lowest BCUT2D eigenvalue weighted by Gasteiger charge is -2.32. The van der Waals surface area contributed by atoms with Gasteiger partial charge < -0.3 is 15.0 Å². The molecular weight excluding hydrogens is 320 g/mol. The third-order valence-corrected chi connectivity index (χ3v) is 3.94. The number of anilines is 2. The zero-order valence-corrected chi connectivity index (χ0v) is 14.0. The normalized spacial score (nSPS) is 16.8. The summed E-state index contributed by atoms with van der Waals surface area (Å²) in [6, 6.07) is 0. The fourth-order valence-electron chi connectivity index (χ4n) is 2.24. The molecule has 1 fully saturated rings. The molecule has 0 atom stereocenters. The molecule has 2 heterocycles. The predicted molar refractivity (Wildman–Crippen MR) is 85.3 cm³/mol. The summed E-state index contributed by atoms with van der Waals surface area (Å²) < 4.78 is 6.79. The number of ether oxygens (including phenoxy) is 1. The molecule has 0 saturated carbocycles. The van der Waals surface area contributed by atoms with Crippen molar-refractivity contribution in [2.45, 2.75) is 32.8 Å². The fraction of sp³-hybridized carbons (Fsp3) is 0.714. The van der Waals surface area contributed by atoms with E-state index < -0.39 is 0 Å². The van der Waals surface area contributed by atoms with Crippen LogP contribution >= 0.6 is 15.9 Å². The van der Waals surface area contributed by atoms with Gasteiger partial charge in [0.05, 0.1) is 10.6 Å². The molecule has 112 valence electrons. The summed E-state index contributed by atoms with van der Waals surface area (Å²) in [5, 5.41) is 3.07. The van der Waals surface area contributed by atoms with Crippen LogP contribution in [0.4, 0.5) is 11.8 Å². The van der Waals surface area contributed by atoms with E-state index >= 15 is 0 Å². The van der Waals surface area contributed by atoms with Crippen molar-refractivity contribution in [3.8, 4) is 0 Å². The first kappa shape index (κ1) is 15.5. The predicted octanol–water partition coefficient (Wildman–Crippen LogP) is 2.92. The summed E-state index contributed by atoms with van der Waals surface area (Å²) in [6.45, 7) is 7.12. The van der Waals surface area contributed by atoms with Crippen molar-refractivity contribution in [2.24, 2.45) is 5.92 Å². The standard InChI is InChI=1S/C14H23BrN4O/c1-10(2)9-20-11-4-6-19(7-5-11)14-17-8-12(15)13(16-3)18-14/h8,10-11H,4-7,9H2,1-3H3,(H,16,17,18). The van der Waals surface area contributed by atoms with Gasteiger partial charge in [0.2, 0.25) is 5.95 Å². The largest absolute Gasteiger partial charge is 0.378 e. The van der Waals surface area contributed by atoms with Crippen molar-refractivity contribution >= 4 is 27.7 Å². The Labute approximate surface area is 129 Å². The van der Waals surface area contributed by atoms with E-state index in [2.05, 4.69) is 50.0 Å². The van der Waals surface area contributed by atoms with Crippen LogP contribution in [0.15, 0.2) is 10.7 Å². The lowest BCUT2D eigenvalue weighted by molar-refractivity contribution is 0.0213. The Kier molecular flexibility index (Phi) is 5.60. The molecule has 0 radical (unpaired) electrons. The summed E-state index contributed by atoms with van der Waals surface area (Å²) in [5.74, 6) is 2.22. The Morgan fingerprint density at radius 3 is 2.75 bits per heavy atom. The van der Waals surface area contributed by atoms with Crippen LogP contribution in [-0.2, 0) is 4.74 Å². The summed E-state index contributed by atoms with van der Waals surface area (Å²) in [4.78, 5) is 11.2. The zero-order chi connectivity index (χ0) is 14.5. The van der Waals surface area contributed by atoms with E-state index in [1.807, 2.05) is 7.05 Å². The molecule has 0 amide bonds. The van der Waals surface area contributed by atoms with Crippen LogP contribution < -0.4 is 10.2 Å². The molecule has 0 bridgehead atoms. The highest BCUT2D eigenvalue weighted by Crippen LogP contribution is 2.23. The molecule has 2 rings (SSSR count). The van der Waals surface area contributed by atoms with Gasteiger partial charge >= 0.3 is 0 Å². The Morgan fingerprint density at radius 2 is 2.15 bits per heavy atom. The van der Waals surface area contributed by atoms with E-state index in [0.29, 0.717) is 12.0 Å². The van der Waals surface area contributed by atoms with E-state index in [1.54, 1.807) is 6.20 Å². The highest BCUT2D eigenvalue weighted by molar-refractivity contribution is 9.10. The van der Waals surface area contributed by atoms with Crippen LogP contribution in [-0.4, -0.2) is 42.8 Å². The summed E-state index contributed by atoms with van der Waals surface area (Å²) in [6.07, 6.45) is 4.27. The average molecular weight is 343 g/mol. The number of rotatable bonds is 5. The Balaban J connectivity index is 1.90. The lowest BCUT2D eigenvalue weighted by atomic mass is 10.1. The van der Waals surface area contributed by atoms with E-state index in [1.165, 1.54) is 0 Å². The Morgan fingerprint density at radius 1 is 1.45 bits per heavy atom. The van der Waals surface area contributed by atoms with Gasteiger partial charge in [-0.25, -0.2) is 4.98 Å². The zero-order valence-electron chi connectivity index (χ0n) is 12.4. The molecule has 1 aromatic heterocycles. The van der Waals surface area contributed by atoms with Gasteiger partial charge in [0, 0.05) is 32.9 Å². The first-order valence-corrected chi connectivity index (χ1v) is 7.96. The number of nitrogens with one attached hydrogen (secondary N) is 1. The van der Waals surface area contributed by atoms with E-state index in [0.717, 1.165) is 48.8 Å². The van der Waals surface area contributed by atoms with Gasteiger partial charge in [-0.15, -0.1) is 0 Å². The minimum atomic E-state index is 0.382. The number of aromatic nitrogens is 2. The third-order valence-electron chi connectivity index (χ3n) is 3.36. The molecule has 1 aliphatic rings. The number of hydrogen-bond acceptors (Lipinski definition) is 5. The molecule has 5 nitrogen and oxygen atoms in total. The topological polar surface area (TPSA) is 50.3 Å². The molecule has 20 heavy (non-hydrogen) atoms. The van der Waals surface area contributed by atoms with Crippen molar-refractivity contribution in [3.05, 3.63) is 10.7 Å². The van der Waals surface area contributed by atoms with E-state index in [9.17, 15) is 0 Å². The molecule has 1 N–H and O–H groups in total. The fourth-order valence-corrected chi connectivity index (χ4v) is 2.63. The molecule has 0 unspecified atom stereocenters. The maximum absolute atomic E-state index is 5.91. The second kappa shape index (κ2) is 7.22. The van der Waals surface area contributed by atoms with Crippen LogP contribution in [0.1, 0.15) is 26.7 Å². The molecular formula is C14H23BrN4O. The molecule has 6 heteroatoms. The van der Waals surface area contributed by atoms with Gasteiger partial charge in [-0.2, -0.15) is 4.98 Å². The Hall–Kier alpha value is -0.880. The van der Waals surface area contributed by atoms with E-state index in [4.69, 9.17) is 4.74 Å². The molecule has 1 aromatic rings. The number of hydrogen-bond donors (Lipinski definition) is 1. The van der Waals surface area contributed by atoms with Crippen LogP contribution in [0.25, 0.3) is 0 Å². The Bertz CT molecular complexity index is 433. The van der Waals surface area contributed by atoms with Gasteiger partial charge in [0.25, 0.3) is 0 Å². The summed E-state index contributed by atoms with van der Waals surface area (Å²) >= 11 is 3.43. The number of piperidine rings is 1. The molecule has 0 spiro atoms. The molecule has 1 aliphatic heterocycles. The molecule has 1 saturated heterocycles.